The molecule has 3 nitrogen and oxygen atoms in total. The van der Waals surface area contributed by atoms with Crippen LogP contribution in [0.1, 0.15) is 32.3 Å². The van der Waals surface area contributed by atoms with Crippen molar-refractivity contribution < 1.29 is 0 Å². The molecule has 2 rings (SSSR count). The summed E-state index contributed by atoms with van der Waals surface area (Å²) < 4.78 is 2.05. The Labute approximate surface area is 126 Å². The van der Waals surface area contributed by atoms with Crippen molar-refractivity contribution in [3.8, 4) is 11.3 Å². The Kier molecular flexibility index (Phi) is 5.62. The van der Waals surface area contributed by atoms with Crippen LogP contribution in [0.5, 0.6) is 0 Å². The van der Waals surface area contributed by atoms with Gasteiger partial charge in [0.15, 0.2) is 0 Å². The molecule has 0 fully saturated rings. The standard InChI is InChI=1S/C16H22ClN3/c1-3-8-18-12-14-11-13(5-6-15(14)17)16-7-9-19-20(16)10-4-2/h5-7,9,11,18H,3-4,8,10,12H2,1-2H3. The van der Waals surface area contributed by atoms with E-state index >= 15 is 0 Å². The fraction of sp³-hybridized carbons (Fsp3) is 0.438. The summed E-state index contributed by atoms with van der Waals surface area (Å²) in [5.41, 5.74) is 3.47. The lowest BCUT2D eigenvalue weighted by molar-refractivity contribution is 0.609. The summed E-state index contributed by atoms with van der Waals surface area (Å²) in [5, 5.41) is 8.59. The van der Waals surface area contributed by atoms with Crippen LogP contribution in [0.15, 0.2) is 30.5 Å². The summed E-state index contributed by atoms with van der Waals surface area (Å²) in [6.07, 6.45) is 4.06. The zero-order chi connectivity index (χ0) is 14.4. The van der Waals surface area contributed by atoms with Gasteiger partial charge in [0.2, 0.25) is 0 Å². The van der Waals surface area contributed by atoms with Crippen LogP contribution in [-0.4, -0.2) is 16.3 Å². The van der Waals surface area contributed by atoms with Crippen LogP contribution in [0.25, 0.3) is 11.3 Å². The highest BCUT2D eigenvalue weighted by Gasteiger charge is 2.08. The molecule has 4 heteroatoms. The summed E-state index contributed by atoms with van der Waals surface area (Å²) in [6, 6.07) is 8.26. The third-order valence-electron chi connectivity index (χ3n) is 3.24. The molecule has 0 aliphatic carbocycles. The number of aromatic nitrogens is 2. The number of rotatable bonds is 7. The molecule has 0 unspecified atom stereocenters. The molecular weight excluding hydrogens is 270 g/mol. The fourth-order valence-electron chi connectivity index (χ4n) is 2.24. The maximum atomic E-state index is 6.28. The lowest BCUT2D eigenvalue weighted by Gasteiger charge is -2.10. The predicted octanol–water partition coefficient (Wildman–Crippen LogP) is 4.11. The third kappa shape index (κ3) is 3.62. The number of halogens is 1. The van der Waals surface area contributed by atoms with Crippen molar-refractivity contribution in [3.63, 3.8) is 0 Å². The molecule has 0 spiro atoms. The molecule has 1 aromatic heterocycles. The molecule has 0 saturated carbocycles. The zero-order valence-electron chi connectivity index (χ0n) is 12.2. The monoisotopic (exact) mass is 291 g/mol. The molecule has 1 N–H and O–H groups in total. The van der Waals surface area contributed by atoms with Crippen LogP contribution >= 0.6 is 11.6 Å². The second-order valence-corrected chi connectivity index (χ2v) is 5.33. The highest BCUT2D eigenvalue weighted by atomic mass is 35.5. The Hall–Kier alpha value is -1.32. The van der Waals surface area contributed by atoms with Crippen molar-refractivity contribution in [3.05, 3.63) is 41.0 Å². The van der Waals surface area contributed by atoms with E-state index in [-0.39, 0.29) is 0 Å². The maximum Gasteiger partial charge on any atom is 0.0682 e. The van der Waals surface area contributed by atoms with E-state index in [2.05, 4.69) is 42.5 Å². The van der Waals surface area contributed by atoms with E-state index in [1.54, 1.807) is 0 Å². The normalized spacial score (nSPS) is 10.9. The van der Waals surface area contributed by atoms with Crippen molar-refractivity contribution in [1.29, 1.82) is 0 Å². The molecule has 20 heavy (non-hydrogen) atoms. The molecule has 0 radical (unpaired) electrons. The van der Waals surface area contributed by atoms with Crippen LogP contribution in [0, 0.1) is 0 Å². The molecule has 0 atom stereocenters. The summed E-state index contributed by atoms with van der Waals surface area (Å²) in [6.45, 7) is 7.08. The average molecular weight is 292 g/mol. The van der Waals surface area contributed by atoms with Gasteiger partial charge in [-0.15, -0.1) is 0 Å². The van der Waals surface area contributed by atoms with Crippen LogP contribution in [0.4, 0.5) is 0 Å². The Morgan fingerprint density at radius 2 is 2.05 bits per heavy atom. The summed E-state index contributed by atoms with van der Waals surface area (Å²) in [7, 11) is 0. The predicted molar refractivity (Wildman–Crippen MR) is 85.0 cm³/mol. The number of hydrogen-bond donors (Lipinski definition) is 1. The maximum absolute atomic E-state index is 6.28. The third-order valence-corrected chi connectivity index (χ3v) is 3.60. The van der Waals surface area contributed by atoms with Crippen LogP contribution in [0.2, 0.25) is 5.02 Å². The van der Waals surface area contributed by atoms with Gasteiger partial charge in [0.1, 0.15) is 0 Å². The molecule has 2 aromatic rings. The number of benzene rings is 1. The van der Waals surface area contributed by atoms with E-state index in [1.807, 2.05) is 16.9 Å². The number of aryl methyl sites for hydroxylation is 1. The van der Waals surface area contributed by atoms with Gasteiger partial charge in [-0.1, -0.05) is 31.5 Å². The van der Waals surface area contributed by atoms with Gasteiger partial charge in [-0.05, 0) is 43.1 Å². The van der Waals surface area contributed by atoms with Crippen molar-refractivity contribution in [2.45, 2.75) is 39.8 Å². The molecule has 1 aromatic carbocycles. The second-order valence-electron chi connectivity index (χ2n) is 4.92. The number of nitrogens with one attached hydrogen (secondary N) is 1. The van der Waals surface area contributed by atoms with E-state index in [0.717, 1.165) is 48.8 Å². The summed E-state index contributed by atoms with van der Waals surface area (Å²) in [4.78, 5) is 0. The van der Waals surface area contributed by atoms with Crippen LogP contribution < -0.4 is 5.32 Å². The SMILES string of the molecule is CCCNCc1cc(-c2ccnn2CCC)ccc1Cl. The highest BCUT2D eigenvalue weighted by molar-refractivity contribution is 6.31. The van der Waals surface area contributed by atoms with Gasteiger partial charge in [-0.2, -0.15) is 5.10 Å². The van der Waals surface area contributed by atoms with Crippen molar-refractivity contribution in [2.75, 3.05) is 6.54 Å². The lowest BCUT2D eigenvalue weighted by atomic mass is 10.1. The molecule has 0 bridgehead atoms. The first-order valence-electron chi connectivity index (χ1n) is 7.27. The zero-order valence-corrected chi connectivity index (χ0v) is 13.0. The van der Waals surface area contributed by atoms with Crippen molar-refractivity contribution in [1.82, 2.24) is 15.1 Å². The van der Waals surface area contributed by atoms with E-state index in [0.29, 0.717) is 0 Å². The van der Waals surface area contributed by atoms with Gasteiger partial charge in [0.05, 0.1) is 5.69 Å². The van der Waals surface area contributed by atoms with E-state index in [9.17, 15) is 0 Å². The molecule has 108 valence electrons. The van der Waals surface area contributed by atoms with Gasteiger partial charge in [-0.3, -0.25) is 4.68 Å². The quantitative estimate of drug-likeness (QED) is 0.778. The molecule has 0 aliphatic heterocycles. The van der Waals surface area contributed by atoms with E-state index in [1.165, 1.54) is 5.56 Å². The average Bonchev–Trinajstić information content (AvgIpc) is 2.90. The first kappa shape index (κ1) is 15.1. The molecule has 0 saturated heterocycles. The van der Waals surface area contributed by atoms with Crippen molar-refractivity contribution >= 4 is 11.6 Å². The molecule has 1 heterocycles. The van der Waals surface area contributed by atoms with Gasteiger partial charge >= 0.3 is 0 Å². The van der Waals surface area contributed by atoms with E-state index < -0.39 is 0 Å². The fourth-order valence-corrected chi connectivity index (χ4v) is 2.42. The highest BCUT2D eigenvalue weighted by Crippen LogP contribution is 2.25. The van der Waals surface area contributed by atoms with Crippen LogP contribution in [-0.2, 0) is 13.1 Å². The Morgan fingerprint density at radius 1 is 1.20 bits per heavy atom. The van der Waals surface area contributed by atoms with Crippen molar-refractivity contribution in [2.24, 2.45) is 0 Å². The Morgan fingerprint density at radius 3 is 2.80 bits per heavy atom. The molecule has 0 aliphatic rings. The molecule has 0 amide bonds. The topological polar surface area (TPSA) is 29.9 Å². The minimum absolute atomic E-state index is 0.808. The Bertz CT molecular complexity index is 548. The van der Waals surface area contributed by atoms with Gasteiger partial charge < -0.3 is 5.32 Å². The lowest BCUT2D eigenvalue weighted by Crippen LogP contribution is -2.14. The first-order chi connectivity index (χ1) is 9.76. The summed E-state index contributed by atoms with van der Waals surface area (Å²) >= 11 is 6.28. The second kappa shape index (κ2) is 7.46. The Balaban J connectivity index is 2.23. The van der Waals surface area contributed by atoms with E-state index in [4.69, 9.17) is 11.6 Å². The first-order valence-corrected chi connectivity index (χ1v) is 7.65. The van der Waals surface area contributed by atoms with Gasteiger partial charge in [-0.25, -0.2) is 0 Å². The number of hydrogen-bond acceptors (Lipinski definition) is 2. The van der Waals surface area contributed by atoms with Crippen LogP contribution in [0.3, 0.4) is 0 Å². The smallest absolute Gasteiger partial charge is 0.0682 e. The summed E-state index contributed by atoms with van der Waals surface area (Å²) in [5.74, 6) is 0. The molecular formula is C16H22ClN3. The van der Waals surface area contributed by atoms with Gasteiger partial charge in [0.25, 0.3) is 0 Å². The minimum atomic E-state index is 0.808. The number of nitrogens with zero attached hydrogens (tertiary/aromatic N) is 2. The van der Waals surface area contributed by atoms with Gasteiger partial charge in [0, 0.05) is 29.9 Å². The largest absolute Gasteiger partial charge is 0.313 e. The minimum Gasteiger partial charge on any atom is -0.313 e.